The van der Waals surface area contributed by atoms with Crippen LogP contribution >= 0.6 is 11.6 Å². The number of carbonyl (C=O) groups is 1. The molecule has 0 spiro atoms. The second-order valence-electron chi connectivity index (χ2n) is 6.65. The fraction of sp³-hybridized carbons (Fsp3) is 0.208. The van der Waals surface area contributed by atoms with Gasteiger partial charge in [0.1, 0.15) is 5.75 Å². The first-order valence-corrected chi connectivity index (χ1v) is 9.80. The third-order valence-corrected chi connectivity index (χ3v) is 5.00. The highest BCUT2D eigenvalue weighted by Crippen LogP contribution is 2.27. The number of aryl methyl sites for hydroxylation is 1. The van der Waals surface area contributed by atoms with Crippen molar-refractivity contribution in [2.24, 2.45) is 0 Å². The number of hydrogen-bond acceptors (Lipinski definition) is 2. The number of carbonyl (C=O) groups excluding carboxylic acids is 1. The van der Waals surface area contributed by atoms with Crippen LogP contribution in [0, 0.1) is 6.92 Å². The molecule has 3 aromatic rings. The molecule has 0 aliphatic heterocycles. The Labute approximate surface area is 171 Å². The Morgan fingerprint density at radius 3 is 2.29 bits per heavy atom. The highest BCUT2D eigenvalue weighted by Gasteiger charge is 2.25. The minimum Gasteiger partial charge on any atom is -0.479 e. The van der Waals surface area contributed by atoms with Crippen LogP contribution in [0.1, 0.15) is 36.1 Å². The van der Waals surface area contributed by atoms with Crippen LogP contribution in [0.15, 0.2) is 78.9 Å². The largest absolute Gasteiger partial charge is 0.479 e. The first kappa shape index (κ1) is 20.0. The monoisotopic (exact) mass is 393 g/mol. The molecule has 0 radical (unpaired) electrons. The van der Waals surface area contributed by atoms with Gasteiger partial charge in [-0.3, -0.25) is 4.79 Å². The van der Waals surface area contributed by atoms with E-state index in [1.807, 2.05) is 67.6 Å². The van der Waals surface area contributed by atoms with E-state index in [0.717, 1.165) is 16.7 Å². The van der Waals surface area contributed by atoms with Crippen LogP contribution in [0.5, 0.6) is 5.75 Å². The summed E-state index contributed by atoms with van der Waals surface area (Å²) in [6.45, 7) is 3.97. The molecule has 3 rings (SSSR count). The molecule has 0 saturated heterocycles. The van der Waals surface area contributed by atoms with E-state index in [2.05, 4.69) is 18.3 Å². The Kier molecular flexibility index (Phi) is 6.72. The lowest BCUT2D eigenvalue weighted by Crippen LogP contribution is -2.40. The number of halogens is 1. The van der Waals surface area contributed by atoms with Crippen LogP contribution in [-0.4, -0.2) is 12.0 Å². The van der Waals surface area contributed by atoms with Crippen LogP contribution in [0.4, 0.5) is 0 Å². The predicted octanol–water partition coefficient (Wildman–Crippen LogP) is 5.71. The number of hydrogen-bond donors (Lipinski definition) is 1. The molecule has 0 heterocycles. The Morgan fingerprint density at radius 1 is 0.964 bits per heavy atom. The topological polar surface area (TPSA) is 38.3 Å². The van der Waals surface area contributed by atoms with Gasteiger partial charge in [-0.25, -0.2) is 0 Å². The lowest BCUT2D eigenvalue weighted by Gasteiger charge is -2.25. The fourth-order valence-electron chi connectivity index (χ4n) is 3.15. The second-order valence-corrected chi connectivity index (χ2v) is 7.06. The molecule has 0 fully saturated rings. The number of ether oxygens (including phenoxy) is 1. The zero-order chi connectivity index (χ0) is 19.9. The van der Waals surface area contributed by atoms with Crippen LogP contribution < -0.4 is 10.1 Å². The molecule has 0 aliphatic carbocycles. The third-order valence-electron chi connectivity index (χ3n) is 4.69. The van der Waals surface area contributed by atoms with E-state index in [0.29, 0.717) is 17.2 Å². The van der Waals surface area contributed by atoms with E-state index < -0.39 is 6.10 Å². The van der Waals surface area contributed by atoms with Crippen molar-refractivity contribution < 1.29 is 9.53 Å². The van der Waals surface area contributed by atoms with Crippen molar-refractivity contribution >= 4 is 17.5 Å². The molecule has 0 aliphatic rings. The van der Waals surface area contributed by atoms with E-state index in [1.165, 1.54) is 0 Å². The van der Waals surface area contributed by atoms with Crippen molar-refractivity contribution in [1.82, 2.24) is 5.32 Å². The molecule has 0 aromatic heterocycles. The van der Waals surface area contributed by atoms with Gasteiger partial charge >= 0.3 is 0 Å². The Bertz CT molecular complexity index is 927. The molecule has 1 amide bonds. The average Bonchev–Trinajstić information content (AvgIpc) is 2.72. The van der Waals surface area contributed by atoms with Gasteiger partial charge in [0.05, 0.1) is 11.1 Å². The van der Waals surface area contributed by atoms with Crippen molar-refractivity contribution in [1.29, 1.82) is 0 Å². The van der Waals surface area contributed by atoms with Crippen LogP contribution in [0.2, 0.25) is 5.02 Å². The predicted molar refractivity (Wildman–Crippen MR) is 114 cm³/mol. The first-order valence-electron chi connectivity index (χ1n) is 9.42. The zero-order valence-corrected chi connectivity index (χ0v) is 16.8. The maximum atomic E-state index is 13.1. The second kappa shape index (κ2) is 9.43. The van der Waals surface area contributed by atoms with Crippen LogP contribution in [0.3, 0.4) is 0 Å². The van der Waals surface area contributed by atoms with Crippen molar-refractivity contribution in [3.05, 3.63) is 101 Å². The fourth-order valence-corrected chi connectivity index (χ4v) is 3.33. The molecule has 0 unspecified atom stereocenters. The zero-order valence-electron chi connectivity index (χ0n) is 16.1. The van der Waals surface area contributed by atoms with E-state index >= 15 is 0 Å². The van der Waals surface area contributed by atoms with E-state index in [9.17, 15) is 4.79 Å². The lowest BCUT2D eigenvalue weighted by atomic mass is 9.94. The molecule has 3 aromatic carbocycles. The van der Waals surface area contributed by atoms with Crippen molar-refractivity contribution in [3.63, 3.8) is 0 Å². The summed E-state index contributed by atoms with van der Waals surface area (Å²) in [6.07, 6.45) is -0.0954. The van der Waals surface area contributed by atoms with Crippen LogP contribution in [-0.2, 0) is 4.79 Å². The van der Waals surface area contributed by atoms with Crippen molar-refractivity contribution in [2.75, 3.05) is 0 Å². The summed E-state index contributed by atoms with van der Waals surface area (Å²) < 4.78 is 5.92. The van der Waals surface area contributed by atoms with Gasteiger partial charge in [0, 0.05) is 0 Å². The molecule has 4 heteroatoms. The minimum absolute atomic E-state index is 0.167. The molecular formula is C24H24ClNO2. The summed E-state index contributed by atoms with van der Waals surface area (Å²) in [7, 11) is 0. The van der Waals surface area contributed by atoms with E-state index in [-0.39, 0.29) is 11.9 Å². The summed E-state index contributed by atoms with van der Waals surface area (Å²) in [5, 5.41) is 3.67. The Morgan fingerprint density at radius 2 is 1.61 bits per heavy atom. The van der Waals surface area contributed by atoms with Gasteiger partial charge in [-0.1, -0.05) is 85.3 Å². The van der Waals surface area contributed by atoms with Gasteiger partial charge in [0.15, 0.2) is 6.10 Å². The number of para-hydroxylation sites is 1. The Hall–Kier alpha value is -2.78. The quantitative estimate of drug-likeness (QED) is 0.558. The molecule has 0 saturated carbocycles. The normalized spacial score (nSPS) is 12.8. The van der Waals surface area contributed by atoms with Gasteiger partial charge < -0.3 is 10.1 Å². The number of amides is 1. The molecule has 28 heavy (non-hydrogen) atoms. The summed E-state index contributed by atoms with van der Waals surface area (Å²) in [5.74, 6) is 0.345. The standard InChI is InChI=1S/C24H24ClNO2/c1-3-21(28-22-16-10-9-15-20(22)25)24(27)26-23(18-12-5-4-6-13-18)19-14-8-7-11-17(19)2/h4-16,21,23H,3H2,1-2H3,(H,26,27)/t21-,23-/m1/s1. The Balaban J connectivity index is 1.86. The minimum atomic E-state index is -0.630. The molecule has 0 bridgehead atoms. The smallest absolute Gasteiger partial charge is 0.261 e. The van der Waals surface area contributed by atoms with Gasteiger partial charge in [0.25, 0.3) is 5.91 Å². The maximum absolute atomic E-state index is 13.1. The molecule has 3 nitrogen and oxygen atoms in total. The van der Waals surface area contributed by atoms with Gasteiger partial charge in [0.2, 0.25) is 0 Å². The van der Waals surface area contributed by atoms with Gasteiger partial charge in [-0.2, -0.15) is 0 Å². The van der Waals surface area contributed by atoms with Gasteiger partial charge in [-0.05, 0) is 42.2 Å². The highest BCUT2D eigenvalue weighted by atomic mass is 35.5. The molecule has 144 valence electrons. The number of benzene rings is 3. The highest BCUT2D eigenvalue weighted by molar-refractivity contribution is 6.32. The van der Waals surface area contributed by atoms with E-state index in [1.54, 1.807) is 12.1 Å². The summed E-state index contributed by atoms with van der Waals surface area (Å²) in [6, 6.07) is 25.0. The van der Waals surface area contributed by atoms with Crippen molar-refractivity contribution in [3.8, 4) is 5.75 Å². The van der Waals surface area contributed by atoms with E-state index in [4.69, 9.17) is 16.3 Å². The molecule has 1 N–H and O–H groups in total. The number of rotatable bonds is 7. The van der Waals surface area contributed by atoms with Crippen LogP contribution in [0.25, 0.3) is 0 Å². The van der Waals surface area contributed by atoms with Crippen molar-refractivity contribution in [2.45, 2.75) is 32.4 Å². The molecular weight excluding hydrogens is 370 g/mol. The van der Waals surface area contributed by atoms with Gasteiger partial charge in [-0.15, -0.1) is 0 Å². The summed E-state index contributed by atoms with van der Waals surface area (Å²) in [5.41, 5.74) is 3.21. The summed E-state index contributed by atoms with van der Waals surface area (Å²) in [4.78, 5) is 13.1. The first-order chi connectivity index (χ1) is 13.6. The molecule has 2 atom stereocenters. The SMILES string of the molecule is CC[C@@H](Oc1ccccc1Cl)C(=O)N[C@H](c1ccccc1)c1ccccc1C. The maximum Gasteiger partial charge on any atom is 0.261 e. The third kappa shape index (κ3) is 4.73. The number of nitrogens with one attached hydrogen (secondary N) is 1. The lowest BCUT2D eigenvalue weighted by molar-refractivity contribution is -0.128. The summed E-state index contributed by atoms with van der Waals surface area (Å²) >= 11 is 6.19. The average molecular weight is 394 g/mol.